The molecular weight excluding hydrogens is 269 g/mol. The van der Waals surface area contributed by atoms with Gasteiger partial charge in [-0.3, -0.25) is 0 Å². The molecule has 3 nitrogen and oxygen atoms in total. The molecule has 7 heteroatoms. The highest BCUT2D eigenvalue weighted by atomic mass is 35.5. The van der Waals surface area contributed by atoms with Gasteiger partial charge in [0.2, 0.25) is 0 Å². The maximum atomic E-state index is 12.6. The lowest BCUT2D eigenvalue weighted by Crippen LogP contribution is -2.61. The Morgan fingerprint density at radius 3 is 2.61 bits per heavy atom. The molecule has 1 saturated heterocycles. The Kier molecular flexibility index (Phi) is 3.53. The van der Waals surface area contributed by atoms with E-state index in [-0.39, 0.29) is 5.15 Å². The highest BCUT2D eigenvalue weighted by Crippen LogP contribution is 2.32. The molecule has 1 N–H and O–H groups in total. The average molecular weight is 281 g/mol. The van der Waals surface area contributed by atoms with Gasteiger partial charge in [0.1, 0.15) is 5.15 Å². The summed E-state index contributed by atoms with van der Waals surface area (Å²) in [5, 5.41) is 3.12. The molecule has 0 aromatic carbocycles. The zero-order valence-corrected chi connectivity index (χ0v) is 10.4. The summed E-state index contributed by atoms with van der Waals surface area (Å²) in [4.78, 5) is 3.59. The van der Waals surface area contributed by atoms with Crippen molar-refractivity contribution in [2.75, 3.05) is 20.2 Å². The molecule has 0 radical (unpaired) electrons. The highest BCUT2D eigenvalue weighted by Gasteiger charge is 2.39. The van der Waals surface area contributed by atoms with Gasteiger partial charge < -0.3 is 10.1 Å². The smallest absolute Gasteiger partial charge is 0.375 e. The largest absolute Gasteiger partial charge is 0.417 e. The monoisotopic (exact) mass is 280 g/mol. The molecule has 1 fully saturated rings. The summed E-state index contributed by atoms with van der Waals surface area (Å²) in [5.41, 5.74) is -0.912. The Morgan fingerprint density at radius 2 is 2.17 bits per heavy atom. The zero-order chi connectivity index (χ0) is 13.4. The molecule has 0 saturated carbocycles. The third-order valence-electron chi connectivity index (χ3n) is 3.08. The Labute approximate surface area is 107 Å². The molecule has 0 aliphatic carbocycles. The summed E-state index contributed by atoms with van der Waals surface area (Å²) in [6.07, 6.45) is -3.36. The van der Waals surface area contributed by atoms with Gasteiger partial charge in [-0.2, -0.15) is 13.2 Å². The number of rotatable bonds is 3. The van der Waals surface area contributed by atoms with Gasteiger partial charge in [0.15, 0.2) is 0 Å². The minimum Gasteiger partial charge on any atom is -0.375 e. The van der Waals surface area contributed by atoms with Gasteiger partial charge in [0, 0.05) is 32.8 Å². The second kappa shape index (κ2) is 4.68. The molecule has 0 atom stereocenters. The Balaban J connectivity index is 2.27. The van der Waals surface area contributed by atoms with Crippen LogP contribution in [-0.2, 0) is 17.3 Å². The van der Waals surface area contributed by atoms with Crippen molar-refractivity contribution in [1.29, 1.82) is 0 Å². The molecule has 100 valence electrons. The highest BCUT2D eigenvalue weighted by molar-refractivity contribution is 6.30. The molecule has 1 aromatic heterocycles. The quantitative estimate of drug-likeness (QED) is 0.863. The fourth-order valence-corrected chi connectivity index (χ4v) is 2.04. The van der Waals surface area contributed by atoms with Gasteiger partial charge >= 0.3 is 6.18 Å². The van der Waals surface area contributed by atoms with Gasteiger partial charge in [-0.25, -0.2) is 4.98 Å². The van der Waals surface area contributed by atoms with Gasteiger partial charge in [-0.05, 0) is 11.6 Å². The number of pyridine rings is 1. The number of alkyl halides is 3. The summed E-state index contributed by atoms with van der Waals surface area (Å²) < 4.78 is 43.1. The van der Waals surface area contributed by atoms with Crippen molar-refractivity contribution in [2.45, 2.75) is 18.2 Å². The maximum absolute atomic E-state index is 12.6. The summed E-state index contributed by atoms with van der Waals surface area (Å²) in [6, 6.07) is 1.04. The Hall–Kier alpha value is -0.850. The van der Waals surface area contributed by atoms with E-state index >= 15 is 0 Å². The lowest BCUT2D eigenvalue weighted by Gasteiger charge is -2.41. The van der Waals surface area contributed by atoms with Crippen molar-refractivity contribution >= 4 is 11.6 Å². The van der Waals surface area contributed by atoms with Crippen LogP contribution in [0.5, 0.6) is 0 Å². The molecule has 0 spiro atoms. The molecule has 2 rings (SSSR count). The second-order valence-corrected chi connectivity index (χ2v) is 4.70. The molecule has 2 heterocycles. The number of methoxy groups -OCH3 is 1. The van der Waals surface area contributed by atoms with Crippen LogP contribution in [-0.4, -0.2) is 30.8 Å². The van der Waals surface area contributed by atoms with Crippen molar-refractivity contribution in [2.24, 2.45) is 0 Å². The first-order valence-corrected chi connectivity index (χ1v) is 5.72. The number of ether oxygens (including phenoxy) is 1. The molecule has 1 aliphatic heterocycles. The maximum Gasteiger partial charge on any atom is 0.417 e. The molecule has 0 bridgehead atoms. The number of hydrogen-bond donors (Lipinski definition) is 1. The van der Waals surface area contributed by atoms with Crippen molar-refractivity contribution in [3.63, 3.8) is 0 Å². The molecule has 1 aromatic rings. The molecule has 1 aliphatic rings. The van der Waals surface area contributed by atoms with E-state index in [1.165, 1.54) is 7.11 Å². The fourth-order valence-electron chi connectivity index (χ4n) is 1.87. The van der Waals surface area contributed by atoms with E-state index in [1.54, 1.807) is 0 Å². The minimum atomic E-state index is -4.41. The predicted octanol–water partition coefficient (Wildman–Crippen LogP) is 2.28. The second-order valence-electron chi connectivity index (χ2n) is 4.34. The molecular formula is C11H12ClF3N2O. The van der Waals surface area contributed by atoms with Crippen molar-refractivity contribution < 1.29 is 17.9 Å². The molecule has 18 heavy (non-hydrogen) atoms. The normalized spacial score (nSPS) is 18.5. The van der Waals surface area contributed by atoms with E-state index in [2.05, 4.69) is 10.3 Å². The Bertz CT molecular complexity index is 441. The van der Waals surface area contributed by atoms with Crippen LogP contribution >= 0.6 is 11.6 Å². The van der Waals surface area contributed by atoms with Crippen molar-refractivity contribution in [3.8, 4) is 0 Å². The van der Waals surface area contributed by atoms with E-state index in [0.29, 0.717) is 25.1 Å². The first kappa shape index (κ1) is 13.6. The first-order chi connectivity index (χ1) is 8.36. The van der Waals surface area contributed by atoms with Gasteiger partial charge in [0.25, 0.3) is 0 Å². The third kappa shape index (κ3) is 2.60. The van der Waals surface area contributed by atoms with Crippen LogP contribution in [0.15, 0.2) is 12.3 Å². The number of halogens is 4. The van der Waals surface area contributed by atoms with E-state index in [0.717, 1.165) is 12.3 Å². The van der Waals surface area contributed by atoms with E-state index in [9.17, 15) is 13.2 Å². The number of aromatic nitrogens is 1. The first-order valence-electron chi connectivity index (χ1n) is 5.34. The van der Waals surface area contributed by atoms with Gasteiger partial charge in [-0.1, -0.05) is 11.6 Å². The zero-order valence-electron chi connectivity index (χ0n) is 9.64. The summed E-state index contributed by atoms with van der Waals surface area (Å²) in [7, 11) is 1.54. The number of nitrogens with zero attached hydrogens (tertiary/aromatic N) is 1. The summed E-state index contributed by atoms with van der Waals surface area (Å²) in [6.45, 7) is 1.19. The van der Waals surface area contributed by atoms with Crippen LogP contribution in [0.2, 0.25) is 5.15 Å². The van der Waals surface area contributed by atoms with Crippen molar-refractivity contribution in [3.05, 3.63) is 28.5 Å². The number of hydrogen-bond acceptors (Lipinski definition) is 3. The lowest BCUT2D eigenvalue weighted by molar-refractivity contribution is -0.138. The van der Waals surface area contributed by atoms with Crippen LogP contribution in [0, 0.1) is 0 Å². The van der Waals surface area contributed by atoms with Crippen LogP contribution < -0.4 is 5.32 Å². The van der Waals surface area contributed by atoms with Crippen LogP contribution in [0.4, 0.5) is 13.2 Å². The van der Waals surface area contributed by atoms with Crippen molar-refractivity contribution in [1.82, 2.24) is 10.3 Å². The number of nitrogens with one attached hydrogen (secondary N) is 1. The fraction of sp³-hybridized carbons (Fsp3) is 0.545. The average Bonchev–Trinajstić information content (AvgIpc) is 2.24. The lowest BCUT2D eigenvalue weighted by atomic mass is 9.89. The van der Waals surface area contributed by atoms with E-state index < -0.39 is 17.3 Å². The van der Waals surface area contributed by atoms with Crippen LogP contribution in [0.3, 0.4) is 0 Å². The third-order valence-corrected chi connectivity index (χ3v) is 3.42. The van der Waals surface area contributed by atoms with E-state index in [4.69, 9.17) is 16.3 Å². The van der Waals surface area contributed by atoms with Gasteiger partial charge in [0.05, 0.1) is 11.2 Å². The molecule has 0 unspecified atom stereocenters. The van der Waals surface area contributed by atoms with Gasteiger partial charge in [-0.15, -0.1) is 0 Å². The predicted molar refractivity (Wildman–Crippen MR) is 60.6 cm³/mol. The summed E-state index contributed by atoms with van der Waals surface area (Å²) >= 11 is 5.84. The van der Waals surface area contributed by atoms with E-state index in [1.807, 2.05) is 0 Å². The standard InChI is InChI=1S/C11H12ClF3N2O/c1-18-10(5-16-6-10)3-7-2-8(11(13,14)15)4-17-9(7)12/h2,4,16H,3,5-6H2,1H3. The minimum absolute atomic E-state index is 0.0892. The van der Waals surface area contributed by atoms with Crippen LogP contribution in [0.25, 0.3) is 0 Å². The SMILES string of the molecule is COC1(Cc2cc(C(F)(F)F)cnc2Cl)CNC1. The van der Waals surface area contributed by atoms with Crippen LogP contribution in [0.1, 0.15) is 11.1 Å². The molecule has 0 amide bonds. The summed E-state index contributed by atoms with van der Waals surface area (Å²) in [5.74, 6) is 0. The topological polar surface area (TPSA) is 34.1 Å². The Morgan fingerprint density at radius 1 is 1.50 bits per heavy atom.